The Morgan fingerprint density at radius 1 is 1.26 bits per heavy atom. The molecule has 2 aromatic rings. The average Bonchev–Trinajstić information content (AvgIpc) is 2.40. The first kappa shape index (κ1) is 13.6. The molecule has 0 fully saturated rings. The first-order valence-corrected chi connectivity index (χ1v) is 6.58. The second-order valence-corrected chi connectivity index (χ2v) is 5.09. The van der Waals surface area contributed by atoms with Crippen molar-refractivity contribution in [2.45, 2.75) is 13.5 Å². The van der Waals surface area contributed by atoms with Gasteiger partial charge in [-0.05, 0) is 64.3 Å². The Balaban J connectivity index is 2.15. The van der Waals surface area contributed by atoms with Crippen molar-refractivity contribution < 1.29 is 4.39 Å². The van der Waals surface area contributed by atoms with E-state index in [9.17, 15) is 4.39 Å². The Labute approximate surface area is 120 Å². The van der Waals surface area contributed by atoms with Crippen LogP contribution in [0.1, 0.15) is 16.7 Å². The number of nitriles is 1. The van der Waals surface area contributed by atoms with Crippen molar-refractivity contribution in [2.75, 3.05) is 5.32 Å². The highest BCUT2D eigenvalue weighted by Gasteiger charge is 2.04. The Hall–Kier alpha value is -1.86. The van der Waals surface area contributed by atoms with Gasteiger partial charge in [0, 0.05) is 16.7 Å². The van der Waals surface area contributed by atoms with E-state index in [4.69, 9.17) is 5.26 Å². The minimum absolute atomic E-state index is 0.235. The van der Waals surface area contributed by atoms with Crippen molar-refractivity contribution in [3.8, 4) is 6.07 Å². The van der Waals surface area contributed by atoms with Crippen LogP contribution in [-0.2, 0) is 6.54 Å². The third-order valence-corrected chi connectivity index (χ3v) is 3.53. The minimum Gasteiger partial charge on any atom is -0.380 e. The molecular formula is C15H12BrFN2. The largest absolute Gasteiger partial charge is 0.380 e. The fourth-order valence-corrected chi connectivity index (χ4v) is 2.27. The molecule has 0 saturated heterocycles. The summed E-state index contributed by atoms with van der Waals surface area (Å²) < 4.78 is 14.0. The molecule has 0 aromatic heterocycles. The van der Waals surface area contributed by atoms with Crippen LogP contribution in [0.4, 0.5) is 10.1 Å². The van der Waals surface area contributed by atoms with Gasteiger partial charge in [-0.25, -0.2) is 4.39 Å². The van der Waals surface area contributed by atoms with Gasteiger partial charge in [-0.3, -0.25) is 0 Å². The summed E-state index contributed by atoms with van der Waals surface area (Å²) in [5.41, 5.74) is 3.43. The number of nitrogens with one attached hydrogen (secondary N) is 1. The van der Waals surface area contributed by atoms with Gasteiger partial charge < -0.3 is 5.32 Å². The molecule has 0 amide bonds. The first-order valence-electron chi connectivity index (χ1n) is 5.78. The van der Waals surface area contributed by atoms with Crippen molar-refractivity contribution in [3.63, 3.8) is 0 Å². The summed E-state index contributed by atoms with van der Waals surface area (Å²) in [4.78, 5) is 0. The summed E-state index contributed by atoms with van der Waals surface area (Å²) >= 11 is 3.41. The Bertz CT molecular complexity index is 647. The number of halogens is 2. The lowest BCUT2D eigenvalue weighted by atomic mass is 10.1. The van der Waals surface area contributed by atoms with Crippen LogP contribution in [0.5, 0.6) is 0 Å². The van der Waals surface area contributed by atoms with Crippen molar-refractivity contribution in [1.29, 1.82) is 5.26 Å². The maximum Gasteiger partial charge on any atom is 0.123 e. The van der Waals surface area contributed by atoms with Crippen LogP contribution >= 0.6 is 15.9 Å². The van der Waals surface area contributed by atoms with E-state index in [-0.39, 0.29) is 5.82 Å². The molecule has 0 bridgehead atoms. The molecule has 0 unspecified atom stereocenters. The number of anilines is 1. The molecule has 0 spiro atoms. The highest BCUT2D eigenvalue weighted by Crippen LogP contribution is 2.24. The highest BCUT2D eigenvalue weighted by molar-refractivity contribution is 9.10. The molecule has 0 radical (unpaired) electrons. The average molecular weight is 319 g/mol. The van der Waals surface area contributed by atoms with Gasteiger partial charge in [0.1, 0.15) is 5.82 Å². The molecule has 2 nitrogen and oxygen atoms in total. The van der Waals surface area contributed by atoms with Crippen LogP contribution in [0.3, 0.4) is 0 Å². The molecule has 0 aliphatic carbocycles. The molecule has 2 rings (SSSR count). The van der Waals surface area contributed by atoms with Crippen LogP contribution in [0.25, 0.3) is 0 Å². The number of aryl methyl sites for hydroxylation is 1. The van der Waals surface area contributed by atoms with E-state index in [1.807, 2.05) is 13.0 Å². The summed E-state index contributed by atoms with van der Waals surface area (Å²) in [6, 6.07) is 12.1. The fraction of sp³-hybridized carbons (Fsp3) is 0.133. The Kier molecular flexibility index (Phi) is 4.18. The van der Waals surface area contributed by atoms with Gasteiger partial charge in [-0.2, -0.15) is 5.26 Å². The van der Waals surface area contributed by atoms with E-state index in [2.05, 4.69) is 27.3 Å². The van der Waals surface area contributed by atoms with Crippen LogP contribution in [0.2, 0.25) is 0 Å². The zero-order valence-corrected chi connectivity index (χ0v) is 12.0. The highest BCUT2D eigenvalue weighted by atomic mass is 79.9. The van der Waals surface area contributed by atoms with E-state index >= 15 is 0 Å². The number of hydrogen-bond donors (Lipinski definition) is 1. The maximum atomic E-state index is 13.2. The lowest BCUT2D eigenvalue weighted by Crippen LogP contribution is -2.02. The summed E-state index contributed by atoms with van der Waals surface area (Å²) in [7, 11) is 0. The molecule has 0 aliphatic rings. The van der Waals surface area contributed by atoms with E-state index in [1.54, 1.807) is 18.2 Å². The Morgan fingerprint density at radius 3 is 2.74 bits per heavy atom. The van der Waals surface area contributed by atoms with Gasteiger partial charge in [0.25, 0.3) is 0 Å². The van der Waals surface area contributed by atoms with Crippen LogP contribution < -0.4 is 5.32 Å². The van der Waals surface area contributed by atoms with E-state index in [0.717, 1.165) is 21.3 Å². The third-order valence-electron chi connectivity index (χ3n) is 2.88. The number of benzene rings is 2. The summed E-state index contributed by atoms with van der Waals surface area (Å²) in [5, 5.41) is 12.0. The molecule has 96 valence electrons. The molecule has 1 N–H and O–H groups in total. The lowest BCUT2D eigenvalue weighted by molar-refractivity contribution is 0.625. The smallest absolute Gasteiger partial charge is 0.123 e. The molecule has 4 heteroatoms. The molecule has 2 aromatic carbocycles. The van der Waals surface area contributed by atoms with Gasteiger partial charge in [-0.15, -0.1) is 0 Å². The first-order chi connectivity index (χ1) is 9.10. The minimum atomic E-state index is -0.235. The van der Waals surface area contributed by atoms with Crippen LogP contribution in [0.15, 0.2) is 40.9 Å². The van der Waals surface area contributed by atoms with Gasteiger partial charge in [0.2, 0.25) is 0 Å². The monoisotopic (exact) mass is 318 g/mol. The number of nitrogens with zero attached hydrogens (tertiary/aromatic N) is 1. The molecule has 0 saturated carbocycles. The molecule has 0 aliphatic heterocycles. The Morgan fingerprint density at radius 2 is 2.05 bits per heavy atom. The van der Waals surface area contributed by atoms with Gasteiger partial charge in [-0.1, -0.05) is 6.07 Å². The second-order valence-electron chi connectivity index (χ2n) is 4.23. The van der Waals surface area contributed by atoms with Crippen LogP contribution in [0, 0.1) is 24.1 Å². The maximum absolute atomic E-state index is 13.2. The zero-order valence-electron chi connectivity index (χ0n) is 10.4. The van der Waals surface area contributed by atoms with Crippen molar-refractivity contribution in [2.24, 2.45) is 0 Å². The molecular weight excluding hydrogens is 307 g/mol. The normalized spacial score (nSPS) is 10.0. The van der Waals surface area contributed by atoms with Crippen molar-refractivity contribution in [1.82, 2.24) is 0 Å². The topological polar surface area (TPSA) is 35.8 Å². The quantitative estimate of drug-likeness (QED) is 0.911. The van der Waals surface area contributed by atoms with Gasteiger partial charge >= 0.3 is 0 Å². The summed E-state index contributed by atoms with van der Waals surface area (Å²) in [5.74, 6) is -0.235. The predicted octanol–water partition coefficient (Wildman–Crippen LogP) is 4.38. The molecule has 0 atom stereocenters. The van der Waals surface area contributed by atoms with Crippen molar-refractivity contribution in [3.05, 3.63) is 63.4 Å². The second kappa shape index (κ2) is 5.85. The third kappa shape index (κ3) is 3.33. The standard InChI is InChI=1S/C15H12BrFN2/c1-10-2-4-13(17)7-12(10)9-19-15-5-3-11(8-18)6-14(15)16/h2-7,19H,9H2,1H3. The summed E-state index contributed by atoms with van der Waals surface area (Å²) in [6.45, 7) is 2.48. The molecule has 0 heterocycles. The number of rotatable bonds is 3. The van der Waals surface area contributed by atoms with Crippen molar-refractivity contribution >= 4 is 21.6 Å². The van der Waals surface area contributed by atoms with Gasteiger partial charge in [0.15, 0.2) is 0 Å². The van der Waals surface area contributed by atoms with Crippen LogP contribution in [-0.4, -0.2) is 0 Å². The number of hydrogen-bond acceptors (Lipinski definition) is 2. The lowest BCUT2D eigenvalue weighted by Gasteiger charge is -2.11. The van der Waals surface area contributed by atoms with Gasteiger partial charge in [0.05, 0.1) is 11.6 Å². The zero-order chi connectivity index (χ0) is 13.8. The fourth-order valence-electron chi connectivity index (χ4n) is 1.75. The SMILES string of the molecule is Cc1ccc(F)cc1CNc1ccc(C#N)cc1Br. The molecule has 19 heavy (non-hydrogen) atoms. The van der Waals surface area contributed by atoms with E-state index in [1.165, 1.54) is 12.1 Å². The van der Waals surface area contributed by atoms with E-state index in [0.29, 0.717) is 12.1 Å². The predicted molar refractivity (Wildman–Crippen MR) is 77.3 cm³/mol. The van der Waals surface area contributed by atoms with E-state index < -0.39 is 0 Å². The summed E-state index contributed by atoms with van der Waals surface area (Å²) in [6.07, 6.45) is 0.